The Kier molecular flexibility index (Phi) is 7.07. The predicted molar refractivity (Wildman–Crippen MR) is 117 cm³/mol. The van der Waals surface area contributed by atoms with Gasteiger partial charge in [-0.3, -0.25) is 4.79 Å². The van der Waals surface area contributed by atoms with E-state index in [-0.39, 0.29) is 19.0 Å². The molecule has 1 N–H and O–H groups in total. The molecule has 0 aliphatic heterocycles. The van der Waals surface area contributed by atoms with E-state index in [2.05, 4.69) is 5.32 Å². The van der Waals surface area contributed by atoms with E-state index in [9.17, 15) is 9.59 Å². The molecule has 6 nitrogen and oxygen atoms in total. The van der Waals surface area contributed by atoms with Crippen molar-refractivity contribution in [2.45, 2.75) is 27.4 Å². The van der Waals surface area contributed by atoms with E-state index in [0.717, 1.165) is 10.4 Å². The van der Waals surface area contributed by atoms with Crippen LogP contribution in [0.3, 0.4) is 0 Å². The minimum atomic E-state index is -0.478. The first-order valence-electron chi connectivity index (χ1n) is 9.05. The van der Waals surface area contributed by atoms with Crippen LogP contribution < -0.4 is 10.1 Å². The largest absolute Gasteiger partial charge is 0.484 e. The number of esters is 1. The molecule has 0 atom stereocenters. The number of anilines is 1. The Morgan fingerprint density at radius 3 is 2.67 bits per heavy atom. The molecule has 3 rings (SSSR count). The van der Waals surface area contributed by atoms with Gasteiger partial charge in [0.15, 0.2) is 5.76 Å². The zero-order valence-corrected chi connectivity index (χ0v) is 18.8. The summed E-state index contributed by atoms with van der Waals surface area (Å²) in [6, 6.07) is 8.22. The third kappa shape index (κ3) is 4.80. The molecule has 0 aliphatic rings. The first-order valence-corrected chi connectivity index (χ1v) is 10.6. The van der Waals surface area contributed by atoms with Crippen molar-refractivity contribution in [1.82, 2.24) is 0 Å². The van der Waals surface area contributed by atoms with Gasteiger partial charge in [0.1, 0.15) is 28.1 Å². The van der Waals surface area contributed by atoms with Crippen molar-refractivity contribution in [2.24, 2.45) is 0 Å². The lowest BCUT2D eigenvalue weighted by atomic mass is 10.1. The van der Waals surface area contributed by atoms with Crippen molar-refractivity contribution in [3.05, 3.63) is 67.9 Å². The van der Waals surface area contributed by atoms with Crippen LogP contribution in [0.5, 0.6) is 5.75 Å². The van der Waals surface area contributed by atoms with Gasteiger partial charge in [-0.2, -0.15) is 0 Å². The van der Waals surface area contributed by atoms with Crippen LogP contribution in [0.1, 0.15) is 44.0 Å². The highest BCUT2D eigenvalue weighted by atomic mass is 35.5. The number of benzene rings is 1. The molecule has 0 saturated carbocycles. The Balaban J connectivity index is 1.71. The van der Waals surface area contributed by atoms with Gasteiger partial charge in [-0.05, 0) is 50.6 Å². The van der Waals surface area contributed by atoms with E-state index in [4.69, 9.17) is 37.1 Å². The Morgan fingerprint density at radius 2 is 1.93 bits per heavy atom. The Bertz CT molecular complexity index is 1090. The van der Waals surface area contributed by atoms with Gasteiger partial charge in [0.05, 0.1) is 17.2 Å². The number of halogens is 2. The standard InChI is InChI=1S/C21H19Cl2NO5S/c1-4-27-21(26)17-11(2)12(3)30-20(17)24-19(25)16-9-8-13(29-16)10-28-15-7-5-6-14(22)18(15)23/h5-9H,4,10H2,1-3H3,(H,24,25). The smallest absolute Gasteiger partial charge is 0.341 e. The normalized spacial score (nSPS) is 10.7. The van der Waals surface area contributed by atoms with Crippen LogP contribution >= 0.6 is 34.5 Å². The molecule has 2 heterocycles. The summed E-state index contributed by atoms with van der Waals surface area (Å²) in [7, 11) is 0. The number of thiophene rings is 1. The summed E-state index contributed by atoms with van der Waals surface area (Å²) in [6.45, 7) is 5.74. The van der Waals surface area contributed by atoms with Gasteiger partial charge in [0.25, 0.3) is 5.91 Å². The van der Waals surface area contributed by atoms with E-state index in [1.165, 1.54) is 17.4 Å². The predicted octanol–water partition coefficient (Wildman–Crippen LogP) is 6.27. The molecule has 30 heavy (non-hydrogen) atoms. The molecular weight excluding hydrogens is 449 g/mol. The fourth-order valence-corrected chi connectivity index (χ4v) is 4.04. The Hall–Kier alpha value is -2.48. The second-order valence-electron chi connectivity index (χ2n) is 6.27. The van der Waals surface area contributed by atoms with Gasteiger partial charge in [-0.1, -0.05) is 29.3 Å². The summed E-state index contributed by atoms with van der Waals surface area (Å²) in [6.07, 6.45) is 0. The van der Waals surface area contributed by atoms with Crippen LogP contribution in [0.15, 0.2) is 34.7 Å². The molecule has 0 unspecified atom stereocenters. The van der Waals surface area contributed by atoms with Gasteiger partial charge >= 0.3 is 5.97 Å². The first kappa shape index (κ1) is 22.2. The van der Waals surface area contributed by atoms with Gasteiger partial charge in [-0.15, -0.1) is 11.3 Å². The third-order valence-electron chi connectivity index (χ3n) is 4.26. The second kappa shape index (κ2) is 9.55. The summed E-state index contributed by atoms with van der Waals surface area (Å²) < 4.78 is 16.3. The van der Waals surface area contributed by atoms with Crippen molar-refractivity contribution in [2.75, 3.05) is 11.9 Å². The average molecular weight is 468 g/mol. The molecule has 0 spiro atoms. The monoisotopic (exact) mass is 467 g/mol. The fraction of sp³-hybridized carbons (Fsp3) is 0.238. The number of carbonyl (C=O) groups is 2. The number of rotatable bonds is 7. The summed E-state index contributed by atoms with van der Waals surface area (Å²) in [5.41, 5.74) is 1.14. The molecular formula is C21H19Cl2NO5S. The van der Waals surface area contributed by atoms with Gasteiger partial charge < -0.3 is 19.2 Å². The fourth-order valence-electron chi connectivity index (χ4n) is 2.65. The molecule has 1 aromatic carbocycles. The molecule has 158 valence electrons. The summed E-state index contributed by atoms with van der Waals surface area (Å²) in [4.78, 5) is 25.8. The number of amides is 1. The number of nitrogens with one attached hydrogen (secondary N) is 1. The van der Waals surface area contributed by atoms with E-state index >= 15 is 0 Å². The van der Waals surface area contributed by atoms with E-state index in [1.54, 1.807) is 31.2 Å². The number of carbonyl (C=O) groups excluding carboxylic acids is 2. The molecule has 0 aliphatic carbocycles. The maximum Gasteiger partial charge on any atom is 0.341 e. The van der Waals surface area contributed by atoms with Crippen LogP contribution in [-0.4, -0.2) is 18.5 Å². The molecule has 0 fully saturated rings. The van der Waals surface area contributed by atoms with Gasteiger partial charge in [0.2, 0.25) is 0 Å². The molecule has 2 aromatic heterocycles. The number of hydrogen-bond acceptors (Lipinski definition) is 6. The Morgan fingerprint density at radius 1 is 1.17 bits per heavy atom. The lowest BCUT2D eigenvalue weighted by molar-refractivity contribution is 0.0527. The van der Waals surface area contributed by atoms with E-state index < -0.39 is 11.9 Å². The molecule has 0 saturated heterocycles. The zero-order chi connectivity index (χ0) is 21.8. The highest BCUT2D eigenvalue weighted by Crippen LogP contribution is 2.34. The van der Waals surface area contributed by atoms with Crippen molar-refractivity contribution in [3.63, 3.8) is 0 Å². The van der Waals surface area contributed by atoms with Gasteiger partial charge in [0, 0.05) is 4.88 Å². The molecule has 1 amide bonds. The number of hydrogen-bond donors (Lipinski definition) is 1. The van der Waals surface area contributed by atoms with E-state index in [0.29, 0.717) is 32.1 Å². The minimum Gasteiger partial charge on any atom is -0.484 e. The summed E-state index contributed by atoms with van der Waals surface area (Å²) >= 11 is 13.4. The van der Waals surface area contributed by atoms with Crippen molar-refractivity contribution in [3.8, 4) is 5.75 Å². The third-order valence-corrected chi connectivity index (χ3v) is 6.19. The quantitative estimate of drug-likeness (QED) is 0.414. The van der Waals surface area contributed by atoms with Crippen molar-refractivity contribution >= 4 is 51.4 Å². The SMILES string of the molecule is CCOC(=O)c1c(NC(=O)c2ccc(COc3cccc(Cl)c3Cl)o2)sc(C)c1C. The van der Waals surface area contributed by atoms with Crippen molar-refractivity contribution in [1.29, 1.82) is 0 Å². The first-order chi connectivity index (χ1) is 14.3. The summed E-state index contributed by atoms with van der Waals surface area (Å²) in [5.74, 6) is -0.0183. The highest BCUT2D eigenvalue weighted by Gasteiger charge is 2.23. The van der Waals surface area contributed by atoms with Crippen LogP contribution in [-0.2, 0) is 11.3 Å². The zero-order valence-electron chi connectivity index (χ0n) is 16.5. The van der Waals surface area contributed by atoms with Crippen LogP contribution in [0.25, 0.3) is 0 Å². The maximum absolute atomic E-state index is 12.6. The molecule has 3 aromatic rings. The lowest BCUT2D eigenvalue weighted by Gasteiger charge is -2.07. The highest BCUT2D eigenvalue weighted by molar-refractivity contribution is 7.16. The number of ether oxygens (including phenoxy) is 2. The van der Waals surface area contributed by atoms with E-state index in [1.807, 2.05) is 13.8 Å². The second-order valence-corrected chi connectivity index (χ2v) is 8.28. The number of aryl methyl sites for hydroxylation is 1. The van der Waals surface area contributed by atoms with Gasteiger partial charge in [-0.25, -0.2) is 4.79 Å². The van der Waals surface area contributed by atoms with Crippen LogP contribution in [0, 0.1) is 13.8 Å². The lowest BCUT2D eigenvalue weighted by Crippen LogP contribution is -2.14. The minimum absolute atomic E-state index is 0.0681. The molecule has 9 heteroatoms. The van der Waals surface area contributed by atoms with Crippen LogP contribution in [0.2, 0.25) is 10.0 Å². The van der Waals surface area contributed by atoms with Crippen molar-refractivity contribution < 1.29 is 23.5 Å². The maximum atomic E-state index is 12.6. The topological polar surface area (TPSA) is 77.8 Å². The van der Waals surface area contributed by atoms with Crippen LogP contribution in [0.4, 0.5) is 5.00 Å². The summed E-state index contributed by atoms with van der Waals surface area (Å²) in [5, 5.41) is 3.85. The Labute approximate surface area is 187 Å². The average Bonchev–Trinajstić information content (AvgIpc) is 3.28. The molecule has 0 bridgehead atoms. The number of furan rings is 1. The molecule has 0 radical (unpaired) electrons.